The van der Waals surface area contributed by atoms with E-state index in [0.717, 1.165) is 12.8 Å². The van der Waals surface area contributed by atoms with E-state index in [-0.39, 0.29) is 30.4 Å². The van der Waals surface area contributed by atoms with E-state index in [4.69, 9.17) is 9.26 Å². The molecule has 2 aliphatic heterocycles. The normalized spacial score (nSPS) is 19.0. The van der Waals surface area contributed by atoms with Crippen LogP contribution in [0.3, 0.4) is 0 Å². The van der Waals surface area contributed by atoms with Crippen molar-refractivity contribution in [1.29, 1.82) is 0 Å². The predicted molar refractivity (Wildman–Crippen MR) is 102 cm³/mol. The maximum absolute atomic E-state index is 12.7. The first-order valence-electron chi connectivity index (χ1n) is 9.45. The third-order valence-corrected chi connectivity index (χ3v) is 4.90. The number of amides is 3. The summed E-state index contributed by atoms with van der Waals surface area (Å²) in [6.07, 6.45) is 1.78. The van der Waals surface area contributed by atoms with Gasteiger partial charge in [-0.25, -0.2) is 4.79 Å². The average Bonchev–Trinajstić information content (AvgIpc) is 3.19. The molecule has 1 aromatic heterocycles. The van der Waals surface area contributed by atoms with E-state index in [1.165, 1.54) is 0 Å². The number of nitrogens with zero attached hydrogens (tertiary/aromatic N) is 3. The number of urea groups is 1. The summed E-state index contributed by atoms with van der Waals surface area (Å²) < 4.78 is 10.8. The SMILES string of the molecule is CC(C)c1noc([C@H]2CCCN(C(=O)Nc3ccc4c(c3)OCC(=O)N4)C2)n1. The highest BCUT2D eigenvalue weighted by Crippen LogP contribution is 2.31. The summed E-state index contributed by atoms with van der Waals surface area (Å²) >= 11 is 0. The van der Waals surface area contributed by atoms with Crippen LogP contribution in [0.5, 0.6) is 5.75 Å². The topological polar surface area (TPSA) is 110 Å². The zero-order valence-electron chi connectivity index (χ0n) is 15.9. The first-order chi connectivity index (χ1) is 13.5. The van der Waals surface area contributed by atoms with E-state index in [0.29, 0.717) is 41.9 Å². The number of piperidine rings is 1. The average molecular weight is 385 g/mol. The maximum Gasteiger partial charge on any atom is 0.321 e. The van der Waals surface area contributed by atoms with Gasteiger partial charge in [0.2, 0.25) is 5.89 Å². The molecule has 2 aromatic rings. The van der Waals surface area contributed by atoms with Crippen molar-refractivity contribution in [1.82, 2.24) is 15.0 Å². The van der Waals surface area contributed by atoms with Gasteiger partial charge in [0.05, 0.1) is 11.6 Å². The van der Waals surface area contributed by atoms with Crippen LogP contribution < -0.4 is 15.4 Å². The van der Waals surface area contributed by atoms with Crippen molar-refractivity contribution in [3.8, 4) is 5.75 Å². The Morgan fingerprint density at radius 3 is 3.04 bits per heavy atom. The lowest BCUT2D eigenvalue weighted by molar-refractivity contribution is -0.118. The van der Waals surface area contributed by atoms with Gasteiger partial charge in [-0.2, -0.15) is 4.98 Å². The maximum atomic E-state index is 12.7. The first-order valence-corrected chi connectivity index (χ1v) is 9.45. The molecule has 3 amide bonds. The van der Waals surface area contributed by atoms with E-state index < -0.39 is 0 Å². The monoisotopic (exact) mass is 385 g/mol. The number of anilines is 2. The number of nitrogens with one attached hydrogen (secondary N) is 2. The quantitative estimate of drug-likeness (QED) is 0.841. The Hall–Kier alpha value is -3.10. The molecule has 0 radical (unpaired) electrons. The van der Waals surface area contributed by atoms with Crippen molar-refractivity contribution in [3.63, 3.8) is 0 Å². The van der Waals surface area contributed by atoms with Crippen molar-refractivity contribution < 1.29 is 18.8 Å². The molecule has 0 aliphatic carbocycles. The molecular formula is C19H23N5O4. The van der Waals surface area contributed by atoms with Gasteiger partial charge in [-0.05, 0) is 25.0 Å². The summed E-state index contributed by atoms with van der Waals surface area (Å²) in [6, 6.07) is 4.97. The van der Waals surface area contributed by atoms with Crippen molar-refractivity contribution in [2.75, 3.05) is 30.3 Å². The van der Waals surface area contributed by atoms with Gasteiger partial charge in [0.15, 0.2) is 12.4 Å². The molecule has 1 fully saturated rings. The molecule has 0 bridgehead atoms. The van der Waals surface area contributed by atoms with E-state index in [2.05, 4.69) is 20.8 Å². The second-order valence-corrected chi connectivity index (χ2v) is 7.41. The summed E-state index contributed by atoms with van der Waals surface area (Å²) in [5.74, 6) is 1.89. The number of ether oxygens (including phenoxy) is 1. The Morgan fingerprint density at radius 2 is 2.25 bits per heavy atom. The lowest BCUT2D eigenvalue weighted by atomic mass is 9.98. The number of hydrogen-bond donors (Lipinski definition) is 2. The molecule has 2 N–H and O–H groups in total. The number of likely N-dealkylation sites (tertiary alicyclic amines) is 1. The number of benzene rings is 1. The van der Waals surface area contributed by atoms with Crippen LogP contribution in [0.15, 0.2) is 22.7 Å². The van der Waals surface area contributed by atoms with Crippen LogP contribution in [-0.2, 0) is 4.79 Å². The molecule has 9 heteroatoms. The van der Waals surface area contributed by atoms with Crippen LogP contribution in [-0.4, -0.2) is 46.7 Å². The van der Waals surface area contributed by atoms with Crippen LogP contribution >= 0.6 is 0 Å². The van der Waals surface area contributed by atoms with Crippen molar-refractivity contribution in [3.05, 3.63) is 29.9 Å². The molecule has 1 saturated heterocycles. The summed E-state index contributed by atoms with van der Waals surface area (Å²) in [5, 5.41) is 9.65. The lowest BCUT2D eigenvalue weighted by Gasteiger charge is -2.31. The molecule has 1 aromatic carbocycles. The minimum absolute atomic E-state index is 0.0270. The van der Waals surface area contributed by atoms with Crippen LogP contribution in [0.1, 0.15) is 50.2 Å². The summed E-state index contributed by atoms with van der Waals surface area (Å²) in [6.45, 7) is 5.21. The first kappa shape index (κ1) is 18.3. The molecule has 148 valence electrons. The van der Waals surface area contributed by atoms with Gasteiger partial charge in [0, 0.05) is 30.8 Å². The highest BCUT2D eigenvalue weighted by molar-refractivity contribution is 5.96. The fourth-order valence-electron chi connectivity index (χ4n) is 3.37. The molecule has 2 aliphatic rings. The summed E-state index contributed by atoms with van der Waals surface area (Å²) in [4.78, 5) is 30.3. The third kappa shape index (κ3) is 3.78. The van der Waals surface area contributed by atoms with E-state index in [1.807, 2.05) is 13.8 Å². The number of carbonyl (C=O) groups excluding carboxylic acids is 2. The fraction of sp³-hybridized carbons (Fsp3) is 0.474. The molecule has 9 nitrogen and oxygen atoms in total. The fourth-order valence-corrected chi connectivity index (χ4v) is 3.37. The smallest absolute Gasteiger partial charge is 0.321 e. The van der Waals surface area contributed by atoms with Crippen LogP contribution in [0, 0.1) is 0 Å². The van der Waals surface area contributed by atoms with E-state index in [9.17, 15) is 9.59 Å². The molecule has 3 heterocycles. The van der Waals surface area contributed by atoms with Gasteiger partial charge in [-0.1, -0.05) is 19.0 Å². The van der Waals surface area contributed by atoms with Crippen LogP contribution in [0.2, 0.25) is 0 Å². The minimum atomic E-state index is -0.190. The Kier molecular flexibility index (Phi) is 4.89. The summed E-state index contributed by atoms with van der Waals surface area (Å²) in [5.41, 5.74) is 1.21. The second kappa shape index (κ2) is 7.49. The van der Waals surface area contributed by atoms with Gasteiger partial charge >= 0.3 is 6.03 Å². The van der Waals surface area contributed by atoms with E-state index in [1.54, 1.807) is 23.1 Å². The van der Waals surface area contributed by atoms with Crippen molar-refractivity contribution >= 4 is 23.3 Å². The highest BCUT2D eigenvalue weighted by atomic mass is 16.5. The van der Waals surface area contributed by atoms with Gasteiger partial charge in [-0.3, -0.25) is 4.79 Å². The molecular weight excluding hydrogens is 362 g/mol. The molecule has 0 spiro atoms. The van der Waals surface area contributed by atoms with Crippen LogP contribution in [0.4, 0.5) is 16.2 Å². The van der Waals surface area contributed by atoms with Crippen LogP contribution in [0.25, 0.3) is 0 Å². The van der Waals surface area contributed by atoms with Gasteiger partial charge < -0.3 is 24.8 Å². The van der Waals surface area contributed by atoms with Crippen molar-refractivity contribution in [2.45, 2.75) is 38.5 Å². The Bertz CT molecular complexity index is 894. The van der Waals surface area contributed by atoms with Gasteiger partial charge in [0.1, 0.15) is 5.75 Å². The van der Waals surface area contributed by atoms with Gasteiger partial charge in [-0.15, -0.1) is 0 Å². The number of aromatic nitrogens is 2. The number of hydrogen-bond acceptors (Lipinski definition) is 6. The standard InChI is InChI=1S/C19H23N5O4/c1-11(2)17-22-18(28-23-17)12-4-3-7-24(9-12)19(26)20-13-5-6-14-15(8-13)27-10-16(25)21-14/h5-6,8,11-12H,3-4,7,9-10H2,1-2H3,(H,20,26)(H,21,25)/t12-/m0/s1. The van der Waals surface area contributed by atoms with Crippen molar-refractivity contribution in [2.24, 2.45) is 0 Å². The molecule has 1 atom stereocenters. The highest BCUT2D eigenvalue weighted by Gasteiger charge is 2.29. The van der Waals surface area contributed by atoms with Gasteiger partial charge in [0.25, 0.3) is 5.91 Å². The second-order valence-electron chi connectivity index (χ2n) is 7.41. The Morgan fingerprint density at radius 1 is 1.39 bits per heavy atom. The molecule has 4 rings (SSSR count). The summed E-state index contributed by atoms with van der Waals surface area (Å²) in [7, 11) is 0. The lowest BCUT2D eigenvalue weighted by Crippen LogP contribution is -2.41. The zero-order chi connectivity index (χ0) is 19.7. The number of rotatable bonds is 3. The minimum Gasteiger partial charge on any atom is -0.482 e. The van der Waals surface area contributed by atoms with E-state index >= 15 is 0 Å². The Labute approximate surface area is 162 Å². The third-order valence-electron chi connectivity index (χ3n) is 4.90. The Balaban J connectivity index is 1.41. The zero-order valence-corrected chi connectivity index (χ0v) is 15.9. The molecule has 28 heavy (non-hydrogen) atoms. The molecule has 0 saturated carbocycles. The number of fused-ring (bicyclic) bond motifs is 1. The predicted octanol–water partition coefficient (Wildman–Crippen LogP) is 2.94. The molecule has 0 unspecified atom stereocenters. The largest absolute Gasteiger partial charge is 0.482 e. The number of carbonyl (C=O) groups is 2.